The molecule has 0 saturated carbocycles. The van der Waals surface area contributed by atoms with E-state index in [-0.39, 0.29) is 5.91 Å². The first-order valence-electron chi connectivity index (χ1n) is 5.42. The lowest BCUT2D eigenvalue weighted by Gasteiger charge is -2.27. The zero-order valence-electron chi connectivity index (χ0n) is 10.3. The molecule has 1 amide bonds. The van der Waals surface area contributed by atoms with Crippen molar-refractivity contribution in [3.8, 4) is 0 Å². The molecule has 17 heavy (non-hydrogen) atoms. The van der Waals surface area contributed by atoms with E-state index in [9.17, 15) is 4.79 Å². The van der Waals surface area contributed by atoms with Gasteiger partial charge >= 0.3 is 7.12 Å². The van der Waals surface area contributed by atoms with Crippen molar-refractivity contribution in [2.45, 2.75) is 6.92 Å². The lowest BCUT2D eigenvalue weighted by molar-refractivity contribution is 0.0230. The Hall–Kier alpha value is -1.37. The summed E-state index contributed by atoms with van der Waals surface area (Å²) in [5.74, 6) is -0.114. The largest absolute Gasteiger partial charge is 0.488 e. The van der Waals surface area contributed by atoms with Crippen molar-refractivity contribution in [2.24, 2.45) is 0 Å². The van der Waals surface area contributed by atoms with Crippen LogP contribution < -0.4 is 5.46 Å². The third kappa shape index (κ3) is 3.29. The first-order chi connectivity index (χ1) is 7.97. The summed E-state index contributed by atoms with van der Waals surface area (Å²) in [5, 5.41) is 21.2. The van der Waals surface area contributed by atoms with Crippen LogP contribution in [0.5, 0.6) is 0 Å². The molecule has 0 atom stereocenters. The number of hydrogen-bond donors (Lipinski definition) is 2. The van der Waals surface area contributed by atoms with Crippen LogP contribution in [0.15, 0.2) is 24.3 Å². The Morgan fingerprint density at radius 1 is 1.24 bits per heavy atom. The van der Waals surface area contributed by atoms with Crippen LogP contribution in [0.2, 0.25) is 0 Å². The van der Waals surface area contributed by atoms with E-state index in [1.807, 2.05) is 6.92 Å². The SMILES string of the molecule is CCN(C(=O)c1ccc(B(O)O)cc1)N(C)C. The summed E-state index contributed by atoms with van der Waals surface area (Å²) >= 11 is 0. The highest BCUT2D eigenvalue weighted by Gasteiger charge is 2.17. The number of carbonyl (C=O) groups is 1. The third-order valence-electron chi connectivity index (χ3n) is 2.47. The zero-order valence-corrected chi connectivity index (χ0v) is 10.3. The van der Waals surface area contributed by atoms with Crippen molar-refractivity contribution in [1.82, 2.24) is 10.0 Å². The predicted molar refractivity (Wildman–Crippen MR) is 66.7 cm³/mol. The van der Waals surface area contributed by atoms with Crippen LogP contribution in [0.1, 0.15) is 17.3 Å². The zero-order chi connectivity index (χ0) is 13.0. The molecule has 2 N–H and O–H groups in total. The Bertz CT molecular complexity index is 379. The highest BCUT2D eigenvalue weighted by molar-refractivity contribution is 6.58. The molecule has 6 heteroatoms. The van der Waals surface area contributed by atoms with Crippen molar-refractivity contribution in [1.29, 1.82) is 0 Å². The minimum Gasteiger partial charge on any atom is -0.423 e. The second-order valence-corrected chi connectivity index (χ2v) is 3.86. The van der Waals surface area contributed by atoms with E-state index in [2.05, 4.69) is 0 Å². The maximum absolute atomic E-state index is 12.1. The molecular formula is C11H17BN2O3. The van der Waals surface area contributed by atoms with E-state index in [4.69, 9.17) is 10.0 Å². The quantitative estimate of drug-likeness (QED) is 0.536. The van der Waals surface area contributed by atoms with Gasteiger partial charge in [0.2, 0.25) is 0 Å². The molecule has 1 aromatic carbocycles. The molecular weight excluding hydrogens is 219 g/mol. The predicted octanol–water partition coefficient (Wildman–Crippen LogP) is -0.695. The standard InChI is InChI=1S/C11H17BN2O3/c1-4-14(13(2)3)11(15)9-5-7-10(8-6-9)12(16)17/h5-8,16-17H,4H2,1-3H3. The number of hydrazine groups is 1. The second-order valence-electron chi connectivity index (χ2n) is 3.86. The van der Waals surface area contributed by atoms with Gasteiger partial charge in [0.1, 0.15) is 0 Å². The minimum absolute atomic E-state index is 0.114. The van der Waals surface area contributed by atoms with E-state index in [0.717, 1.165) is 0 Å². The van der Waals surface area contributed by atoms with Crippen molar-refractivity contribution in [3.05, 3.63) is 29.8 Å². The topological polar surface area (TPSA) is 64.0 Å². The highest BCUT2D eigenvalue weighted by atomic mass is 16.4. The number of rotatable bonds is 4. The van der Waals surface area contributed by atoms with Crippen LogP contribution in [0.4, 0.5) is 0 Å². The fraction of sp³-hybridized carbons (Fsp3) is 0.364. The van der Waals surface area contributed by atoms with Crippen LogP contribution in [-0.4, -0.2) is 53.7 Å². The first-order valence-corrected chi connectivity index (χ1v) is 5.42. The number of hydrogen-bond acceptors (Lipinski definition) is 4. The minimum atomic E-state index is -1.50. The number of nitrogens with zero attached hydrogens (tertiary/aromatic N) is 2. The molecule has 0 aliphatic carbocycles. The summed E-state index contributed by atoms with van der Waals surface area (Å²) in [4.78, 5) is 12.1. The van der Waals surface area contributed by atoms with Crippen LogP contribution in [0, 0.1) is 0 Å². The van der Waals surface area contributed by atoms with Crippen molar-refractivity contribution < 1.29 is 14.8 Å². The summed E-state index contributed by atoms with van der Waals surface area (Å²) in [6, 6.07) is 6.23. The molecule has 0 unspecified atom stereocenters. The van der Waals surface area contributed by atoms with Gasteiger partial charge < -0.3 is 10.0 Å². The molecule has 0 aliphatic heterocycles. The van der Waals surface area contributed by atoms with Crippen molar-refractivity contribution >= 4 is 18.5 Å². The summed E-state index contributed by atoms with van der Waals surface area (Å²) in [7, 11) is 2.09. The number of amides is 1. The van der Waals surface area contributed by atoms with E-state index in [0.29, 0.717) is 17.6 Å². The third-order valence-corrected chi connectivity index (χ3v) is 2.47. The lowest BCUT2D eigenvalue weighted by Crippen LogP contribution is -2.41. The van der Waals surface area contributed by atoms with Crippen molar-refractivity contribution in [3.63, 3.8) is 0 Å². The molecule has 0 saturated heterocycles. The van der Waals surface area contributed by atoms with E-state index in [1.54, 1.807) is 36.2 Å². The molecule has 1 rings (SSSR count). The summed E-state index contributed by atoms with van der Waals surface area (Å²) in [6.45, 7) is 2.47. The van der Waals surface area contributed by atoms with E-state index >= 15 is 0 Å². The average Bonchev–Trinajstić information content (AvgIpc) is 2.29. The van der Waals surface area contributed by atoms with Crippen LogP contribution in [0.25, 0.3) is 0 Å². The fourth-order valence-corrected chi connectivity index (χ4v) is 1.55. The molecule has 92 valence electrons. The molecule has 0 bridgehead atoms. The maximum Gasteiger partial charge on any atom is 0.488 e. The Labute approximate surface area is 101 Å². The average molecular weight is 236 g/mol. The van der Waals surface area contributed by atoms with Gasteiger partial charge in [-0.25, -0.2) is 5.01 Å². The van der Waals surface area contributed by atoms with Crippen molar-refractivity contribution in [2.75, 3.05) is 20.6 Å². The number of carbonyl (C=O) groups excluding carboxylic acids is 1. The molecule has 0 spiro atoms. The van der Waals surface area contributed by atoms with Gasteiger partial charge in [-0.2, -0.15) is 0 Å². The summed E-state index contributed by atoms with van der Waals surface area (Å²) in [5.41, 5.74) is 0.888. The first kappa shape index (κ1) is 13.7. The van der Waals surface area contributed by atoms with Crippen LogP contribution in [0.3, 0.4) is 0 Å². The van der Waals surface area contributed by atoms with Gasteiger partial charge in [-0.3, -0.25) is 9.80 Å². The Kier molecular flexibility index (Phi) is 4.68. The molecule has 0 aromatic heterocycles. The van der Waals surface area contributed by atoms with Gasteiger partial charge in [-0.1, -0.05) is 12.1 Å². The smallest absolute Gasteiger partial charge is 0.423 e. The monoisotopic (exact) mass is 236 g/mol. The summed E-state index contributed by atoms with van der Waals surface area (Å²) < 4.78 is 0. The van der Waals surface area contributed by atoms with Gasteiger partial charge in [-0.05, 0) is 24.5 Å². The Morgan fingerprint density at radius 3 is 2.12 bits per heavy atom. The van der Waals surface area contributed by atoms with E-state index in [1.165, 1.54) is 12.1 Å². The van der Waals surface area contributed by atoms with Crippen LogP contribution in [-0.2, 0) is 0 Å². The molecule has 5 nitrogen and oxygen atoms in total. The van der Waals surface area contributed by atoms with Crippen LogP contribution >= 0.6 is 0 Å². The van der Waals surface area contributed by atoms with Gasteiger partial charge in [0, 0.05) is 26.2 Å². The summed E-state index contributed by atoms with van der Waals surface area (Å²) in [6.07, 6.45) is 0. The van der Waals surface area contributed by atoms with E-state index < -0.39 is 7.12 Å². The second kappa shape index (κ2) is 5.81. The molecule has 0 radical (unpaired) electrons. The fourth-order valence-electron chi connectivity index (χ4n) is 1.55. The van der Waals surface area contributed by atoms with Gasteiger partial charge in [0.15, 0.2) is 0 Å². The highest BCUT2D eigenvalue weighted by Crippen LogP contribution is 2.04. The Morgan fingerprint density at radius 2 is 1.76 bits per heavy atom. The molecule has 0 aliphatic rings. The molecule has 1 aromatic rings. The number of benzene rings is 1. The molecule has 0 fully saturated rings. The van der Waals surface area contributed by atoms with Gasteiger partial charge in [0.05, 0.1) is 0 Å². The molecule has 0 heterocycles. The van der Waals surface area contributed by atoms with Gasteiger partial charge in [0.25, 0.3) is 5.91 Å². The lowest BCUT2D eigenvalue weighted by atomic mass is 9.80. The maximum atomic E-state index is 12.1. The normalized spacial score (nSPS) is 10.5. The Balaban J connectivity index is 2.89. The van der Waals surface area contributed by atoms with Gasteiger partial charge in [-0.15, -0.1) is 0 Å².